The summed E-state index contributed by atoms with van der Waals surface area (Å²) < 4.78 is 0. The van der Waals surface area contributed by atoms with Crippen molar-refractivity contribution in [2.24, 2.45) is 0 Å². The molecule has 0 bridgehead atoms. The van der Waals surface area contributed by atoms with Crippen LogP contribution in [0, 0.1) is 0 Å². The highest BCUT2D eigenvalue weighted by Gasteiger charge is 2.23. The second-order valence-electron chi connectivity index (χ2n) is 6.18. The lowest BCUT2D eigenvalue weighted by Gasteiger charge is -2.25. The summed E-state index contributed by atoms with van der Waals surface area (Å²) in [5, 5.41) is 11.4. The van der Waals surface area contributed by atoms with E-state index in [4.69, 9.17) is 4.98 Å². The van der Waals surface area contributed by atoms with Gasteiger partial charge < -0.3 is 5.11 Å². The number of aromatic nitrogens is 1. The molecular weight excluding hydrogens is 316 g/mol. The molecule has 1 N–H and O–H groups in total. The summed E-state index contributed by atoms with van der Waals surface area (Å²) >= 11 is 1.65. The standard InChI is InChI=1S/C20H20N2OS/c23-19(16-9-5-2-6-10-16)20-21-17-11-12-22(14-18(17)24-20)13-15-7-3-1-4-8-15/h1-10,19,23H,11-14H2. The Bertz CT molecular complexity index is 801. The van der Waals surface area contributed by atoms with Crippen LogP contribution in [0.4, 0.5) is 0 Å². The van der Waals surface area contributed by atoms with Gasteiger partial charge in [0.25, 0.3) is 0 Å². The van der Waals surface area contributed by atoms with Gasteiger partial charge in [0.1, 0.15) is 11.1 Å². The minimum absolute atomic E-state index is 0.621. The number of aliphatic hydroxyl groups excluding tert-OH is 1. The van der Waals surface area contributed by atoms with E-state index in [-0.39, 0.29) is 0 Å². The number of aliphatic hydroxyl groups is 1. The molecule has 1 aliphatic heterocycles. The Morgan fingerprint density at radius 3 is 2.50 bits per heavy atom. The molecule has 1 atom stereocenters. The topological polar surface area (TPSA) is 36.4 Å². The van der Waals surface area contributed by atoms with Crippen LogP contribution < -0.4 is 0 Å². The number of hydrogen-bond donors (Lipinski definition) is 1. The third-order valence-corrected chi connectivity index (χ3v) is 5.56. The molecule has 1 unspecified atom stereocenters. The van der Waals surface area contributed by atoms with Crippen LogP contribution in [0.5, 0.6) is 0 Å². The van der Waals surface area contributed by atoms with Crippen molar-refractivity contribution < 1.29 is 5.11 Å². The van der Waals surface area contributed by atoms with E-state index in [0.29, 0.717) is 0 Å². The van der Waals surface area contributed by atoms with Crippen LogP contribution in [0.3, 0.4) is 0 Å². The molecule has 0 spiro atoms. The normalized spacial score (nSPS) is 15.9. The maximum atomic E-state index is 10.6. The molecule has 0 saturated heterocycles. The Morgan fingerprint density at radius 1 is 1.04 bits per heavy atom. The molecular formula is C20H20N2OS. The molecule has 24 heavy (non-hydrogen) atoms. The van der Waals surface area contributed by atoms with Crippen molar-refractivity contribution >= 4 is 11.3 Å². The van der Waals surface area contributed by atoms with Crippen molar-refractivity contribution in [2.75, 3.05) is 6.54 Å². The summed E-state index contributed by atoms with van der Waals surface area (Å²) in [5.74, 6) is 0. The minimum Gasteiger partial charge on any atom is -0.381 e. The summed E-state index contributed by atoms with van der Waals surface area (Å²) in [4.78, 5) is 8.46. The van der Waals surface area contributed by atoms with Gasteiger partial charge in [-0.2, -0.15) is 0 Å². The van der Waals surface area contributed by atoms with Crippen LogP contribution in [-0.4, -0.2) is 21.5 Å². The van der Waals surface area contributed by atoms with Gasteiger partial charge in [0.05, 0.1) is 5.69 Å². The lowest BCUT2D eigenvalue weighted by Crippen LogP contribution is -2.29. The predicted molar refractivity (Wildman–Crippen MR) is 96.9 cm³/mol. The first-order valence-corrected chi connectivity index (χ1v) is 9.09. The van der Waals surface area contributed by atoms with Crippen molar-refractivity contribution in [3.05, 3.63) is 87.4 Å². The zero-order valence-electron chi connectivity index (χ0n) is 13.4. The van der Waals surface area contributed by atoms with E-state index in [9.17, 15) is 5.11 Å². The first kappa shape index (κ1) is 15.5. The van der Waals surface area contributed by atoms with Gasteiger partial charge in [-0.05, 0) is 11.1 Å². The van der Waals surface area contributed by atoms with Crippen molar-refractivity contribution in [3.63, 3.8) is 0 Å². The Labute approximate surface area is 146 Å². The summed E-state index contributed by atoms with van der Waals surface area (Å²) in [6, 6.07) is 20.3. The van der Waals surface area contributed by atoms with E-state index in [1.54, 1.807) is 11.3 Å². The summed E-state index contributed by atoms with van der Waals surface area (Å²) in [6.45, 7) is 2.91. The van der Waals surface area contributed by atoms with Crippen molar-refractivity contribution in [2.45, 2.75) is 25.6 Å². The lowest BCUT2D eigenvalue weighted by atomic mass is 10.1. The highest BCUT2D eigenvalue weighted by molar-refractivity contribution is 7.11. The Morgan fingerprint density at radius 2 is 1.75 bits per heavy atom. The fraction of sp³-hybridized carbons (Fsp3) is 0.250. The second-order valence-corrected chi connectivity index (χ2v) is 7.30. The van der Waals surface area contributed by atoms with Crippen LogP contribution in [0.2, 0.25) is 0 Å². The molecule has 0 radical (unpaired) electrons. The number of benzene rings is 2. The molecule has 0 aliphatic carbocycles. The molecule has 4 heteroatoms. The number of thiazole rings is 1. The van der Waals surface area contributed by atoms with E-state index in [1.165, 1.54) is 10.4 Å². The average molecular weight is 336 g/mol. The third-order valence-electron chi connectivity index (χ3n) is 4.43. The molecule has 1 aliphatic rings. The number of rotatable bonds is 4. The molecule has 0 amide bonds. The van der Waals surface area contributed by atoms with Crippen LogP contribution in [0.15, 0.2) is 60.7 Å². The Hall–Kier alpha value is -2.01. The van der Waals surface area contributed by atoms with Crippen LogP contribution in [-0.2, 0) is 19.5 Å². The number of hydrogen-bond acceptors (Lipinski definition) is 4. The molecule has 3 nitrogen and oxygen atoms in total. The van der Waals surface area contributed by atoms with Crippen molar-refractivity contribution in [3.8, 4) is 0 Å². The van der Waals surface area contributed by atoms with Gasteiger partial charge in [-0.15, -0.1) is 11.3 Å². The average Bonchev–Trinajstić information content (AvgIpc) is 3.06. The fourth-order valence-corrected chi connectivity index (χ4v) is 4.31. The predicted octanol–water partition coefficient (Wildman–Crippen LogP) is 3.78. The summed E-state index contributed by atoms with van der Waals surface area (Å²) in [5.41, 5.74) is 3.41. The maximum absolute atomic E-state index is 10.6. The van der Waals surface area contributed by atoms with E-state index in [1.807, 2.05) is 30.3 Å². The Balaban J connectivity index is 1.50. The first-order chi connectivity index (χ1) is 11.8. The molecule has 0 fully saturated rings. The zero-order valence-corrected chi connectivity index (χ0v) is 14.2. The van der Waals surface area contributed by atoms with E-state index in [2.05, 4.69) is 35.2 Å². The minimum atomic E-state index is -0.621. The first-order valence-electron chi connectivity index (χ1n) is 8.27. The van der Waals surface area contributed by atoms with Crippen LogP contribution in [0.25, 0.3) is 0 Å². The molecule has 1 aromatic heterocycles. The molecule has 0 saturated carbocycles. The monoisotopic (exact) mass is 336 g/mol. The van der Waals surface area contributed by atoms with Gasteiger partial charge in [0.2, 0.25) is 0 Å². The maximum Gasteiger partial charge on any atom is 0.131 e. The van der Waals surface area contributed by atoms with Crippen molar-refractivity contribution in [1.29, 1.82) is 0 Å². The molecule has 2 aromatic carbocycles. The molecule has 4 rings (SSSR count). The van der Waals surface area contributed by atoms with Gasteiger partial charge in [-0.25, -0.2) is 4.98 Å². The van der Waals surface area contributed by atoms with Crippen LogP contribution in [0.1, 0.15) is 32.8 Å². The lowest BCUT2D eigenvalue weighted by molar-refractivity contribution is 0.219. The van der Waals surface area contributed by atoms with Crippen molar-refractivity contribution in [1.82, 2.24) is 9.88 Å². The molecule has 3 aromatic rings. The quantitative estimate of drug-likeness (QED) is 0.787. The van der Waals surface area contributed by atoms with Gasteiger partial charge >= 0.3 is 0 Å². The third kappa shape index (κ3) is 3.26. The summed E-state index contributed by atoms with van der Waals surface area (Å²) in [6.07, 6.45) is 0.338. The Kier molecular flexibility index (Phi) is 4.43. The van der Waals surface area contributed by atoms with Gasteiger partial charge in [0.15, 0.2) is 0 Å². The molecule has 122 valence electrons. The van der Waals surface area contributed by atoms with Crippen LogP contribution >= 0.6 is 11.3 Å². The highest BCUT2D eigenvalue weighted by Crippen LogP contribution is 2.31. The van der Waals surface area contributed by atoms with Gasteiger partial charge in [-0.1, -0.05) is 60.7 Å². The smallest absolute Gasteiger partial charge is 0.131 e. The molecule has 2 heterocycles. The zero-order chi connectivity index (χ0) is 16.4. The fourth-order valence-electron chi connectivity index (χ4n) is 3.14. The largest absolute Gasteiger partial charge is 0.381 e. The van der Waals surface area contributed by atoms with E-state index in [0.717, 1.165) is 42.3 Å². The van der Waals surface area contributed by atoms with E-state index < -0.39 is 6.10 Å². The number of fused-ring (bicyclic) bond motifs is 1. The SMILES string of the molecule is OC(c1ccccc1)c1nc2c(s1)CN(Cc1ccccc1)CC2. The van der Waals surface area contributed by atoms with Gasteiger partial charge in [0, 0.05) is 30.9 Å². The highest BCUT2D eigenvalue weighted by atomic mass is 32.1. The number of nitrogens with zero attached hydrogens (tertiary/aromatic N) is 2. The second kappa shape index (κ2) is 6.85. The summed E-state index contributed by atoms with van der Waals surface area (Å²) in [7, 11) is 0. The van der Waals surface area contributed by atoms with E-state index >= 15 is 0 Å². The van der Waals surface area contributed by atoms with Gasteiger partial charge in [-0.3, -0.25) is 4.90 Å².